The minimum Gasteiger partial charge on any atom is -0.330 e. The van der Waals surface area contributed by atoms with Crippen molar-refractivity contribution in [3.8, 4) is 0 Å². The van der Waals surface area contributed by atoms with Crippen LogP contribution in [0.4, 0.5) is 10.5 Å². The SMILES string of the molecule is CC(C)c1cccc(C(C)C)c1NC(=O)NCC(=O)c1ccccc1. The highest BCUT2D eigenvalue weighted by molar-refractivity contribution is 6.01. The van der Waals surface area contributed by atoms with E-state index in [9.17, 15) is 9.59 Å². The van der Waals surface area contributed by atoms with Crippen molar-refractivity contribution in [2.24, 2.45) is 0 Å². The van der Waals surface area contributed by atoms with Gasteiger partial charge in [-0.15, -0.1) is 0 Å². The maximum atomic E-state index is 12.3. The molecule has 0 saturated heterocycles. The molecule has 0 bridgehead atoms. The van der Waals surface area contributed by atoms with Gasteiger partial charge in [0.15, 0.2) is 5.78 Å². The monoisotopic (exact) mass is 338 g/mol. The van der Waals surface area contributed by atoms with Gasteiger partial charge in [-0.05, 0) is 23.0 Å². The molecular weight excluding hydrogens is 312 g/mol. The summed E-state index contributed by atoms with van der Waals surface area (Å²) in [6.07, 6.45) is 0. The van der Waals surface area contributed by atoms with E-state index in [0.29, 0.717) is 17.4 Å². The van der Waals surface area contributed by atoms with Crippen LogP contribution in [0, 0.1) is 0 Å². The van der Waals surface area contributed by atoms with Crippen LogP contribution in [-0.4, -0.2) is 18.4 Å². The van der Waals surface area contributed by atoms with Crippen LogP contribution >= 0.6 is 0 Å². The third-order valence-electron chi connectivity index (χ3n) is 4.12. The molecular formula is C21H26N2O2. The predicted octanol–water partition coefficient (Wildman–Crippen LogP) is 4.94. The van der Waals surface area contributed by atoms with Crippen molar-refractivity contribution in [1.82, 2.24) is 5.32 Å². The zero-order valence-corrected chi connectivity index (χ0v) is 15.3. The van der Waals surface area contributed by atoms with Crippen molar-refractivity contribution in [1.29, 1.82) is 0 Å². The lowest BCUT2D eigenvalue weighted by Gasteiger charge is -2.20. The quantitative estimate of drug-likeness (QED) is 0.733. The number of carbonyl (C=O) groups is 2. The summed E-state index contributed by atoms with van der Waals surface area (Å²) < 4.78 is 0. The number of amides is 2. The zero-order chi connectivity index (χ0) is 18.4. The summed E-state index contributed by atoms with van der Waals surface area (Å²) >= 11 is 0. The van der Waals surface area contributed by atoms with Crippen molar-refractivity contribution in [2.45, 2.75) is 39.5 Å². The minimum atomic E-state index is -0.362. The lowest BCUT2D eigenvalue weighted by Crippen LogP contribution is -2.34. The van der Waals surface area contributed by atoms with Gasteiger partial charge in [0.2, 0.25) is 0 Å². The van der Waals surface area contributed by atoms with Crippen molar-refractivity contribution < 1.29 is 9.59 Å². The number of hydrogen-bond acceptors (Lipinski definition) is 2. The van der Waals surface area contributed by atoms with Crippen LogP contribution in [0.3, 0.4) is 0 Å². The summed E-state index contributed by atoms with van der Waals surface area (Å²) in [7, 11) is 0. The van der Waals surface area contributed by atoms with Crippen LogP contribution in [0.1, 0.15) is 61.0 Å². The van der Waals surface area contributed by atoms with E-state index >= 15 is 0 Å². The fourth-order valence-corrected chi connectivity index (χ4v) is 2.74. The van der Waals surface area contributed by atoms with Gasteiger partial charge < -0.3 is 10.6 Å². The Morgan fingerprint density at radius 3 is 1.92 bits per heavy atom. The second-order valence-electron chi connectivity index (χ2n) is 6.72. The first-order valence-electron chi connectivity index (χ1n) is 8.66. The average Bonchev–Trinajstić information content (AvgIpc) is 2.60. The Kier molecular flexibility index (Phi) is 6.34. The molecule has 2 aromatic carbocycles. The van der Waals surface area contributed by atoms with Gasteiger partial charge in [-0.3, -0.25) is 4.79 Å². The highest BCUT2D eigenvalue weighted by atomic mass is 16.2. The number of nitrogens with one attached hydrogen (secondary N) is 2. The molecule has 2 N–H and O–H groups in total. The maximum Gasteiger partial charge on any atom is 0.319 e. The average molecular weight is 338 g/mol. The molecule has 0 saturated carbocycles. The van der Waals surface area contributed by atoms with E-state index < -0.39 is 0 Å². The fourth-order valence-electron chi connectivity index (χ4n) is 2.74. The lowest BCUT2D eigenvalue weighted by molar-refractivity contribution is 0.0993. The van der Waals surface area contributed by atoms with E-state index in [-0.39, 0.29) is 18.4 Å². The number of ketones is 1. The molecule has 0 spiro atoms. The second kappa shape index (κ2) is 8.47. The molecule has 4 nitrogen and oxygen atoms in total. The Morgan fingerprint density at radius 2 is 1.40 bits per heavy atom. The topological polar surface area (TPSA) is 58.2 Å². The summed E-state index contributed by atoms with van der Waals surface area (Å²) in [5.74, 6) is 0.469. The molecule has 0 radical (unpaired) electrons. The van der Waals surface area contributed by atoms with Crippen LogP contribution < -0.4 is 10.6 Å². The van der Waals surface area contributed by atoms with E-state index in [2.05, 4.69) is 38.3 Å². The molecule has 0 unspecified atom stereocenters. The summed E-state index contributed by atoms with van der Waals surface area (Å²) in [4.78, 5) is 24.4. The molecule has 0 aliphatic rings. The van der Waals surface area contributed by atoms with Crippen LogP contribution in [0.25, 0.3) is 0 Å². The number of para-hydroxylation sites is 1. The van der Waals surface area contributed by atoms with Gasteiger partial charge in [0.1, 0.15) is 0 Å². The van der Waals surface area contributed by atoms with Gasteiger partial charge in [-0.1, -0.05) is 76.2 Å². The van der Waals surface area contributed by atoms with Crippen molar-refractivity contribution in [3.05, 3.63) is 65.2 Å². The van der Waals surface area contributed by atoms with Crippen molar-refractivity contribution >= 4 is 17.5 Å². The van der Waals surface area contributed by atoms with Crippen LogP contribution in [0.5, 0.6) is 0 Å². The third kappa shape index (κ3) is 4.92. The molecule has 0 heterocycles. The van der Waals surface area contributed by atoms with E-state index in [0.717, 1.165) is 16.8 Å². The largest absolute Gasteiger partial charge is 0.330 e. The standard InChI is InChI=1S/C21H26N2O2/c1-14(2)17-11-8-12-18(15(3)4)20(17)23-21(25)22-13-19(24)16-9-6-5-7-10-16/h5-12,14-15H,13H2,1-4H3,(H2,22,23,25). The van der Waals surface area contributed by atoms with Crippen LogP contribution in [0.15, 0.2) is 48.5 Å². The highest BCUT2D eigenvalue weighted by Crippen LogP contribution is 2.32. The number of rotatable bonds is 6. The Morgan fingerprint density at radius 1 is 0.840 bits per heavy atom. The van der Waals surface area contributed by atoms with Gasteiger partial charge in [0.05, 0.1) is 6.54 Å². The number of anilines is 1. The van der Waals surface area contributed by atoms with Crippen LogP contribution in [0.2, 0.25) is 0 Å². The van der Waals surface area contributed by atoms with E-state index in [4.69, 9.17) is 0 Å². The fraction of sp³-hybridized carbons (Fsp3) is 0.333. The predicted molar refractivity (Wildman–Crippen MR) is 102 cm³/mol. The van der Waals surface area contributed by atoms with E-state index in [1.807, 2.05) is 24.3 Å². The Hall–Kier alpha value is -2.62. The first-order valence-corrected chi connectivity index (χ1v) is 8.66. The molecule has 4 heteroatoms. The number of carbonyl (C=O) groups excluding carboxylic acids is 2. The highest BCUT2D eigenvalue weighted by Gasteiger charge is 2.16. The zero-order valence-electron chi connectivity index (χ0n) is 15.3. The Bertz CT molecular complexity index is 711. The summed E-state index contributed by atoms with van der Waals surface area (Å²) in [5, 5.41) is 5.61. The van der Waals surface area contributed by atoms with E-state index in [1.165, 1.54) is 0 Å². The first-order chi connectivity index (χ1) is 11.9. The van der Waals surface area contributed by atoms with E-state index in [1.54, 1.807) is 24.3 Å². The van der Waals surface area contributed by atoms with Crippen LogP contribution in [-0.2, 0) is 0 Å². The normalized spacial score (nSPS) is 10.8. The molecule has 0 aliphatic carbocycles. The van der Waals surface area contributed by atoms with Gasteiger partial charge >= 0.3 is 6.03 Å². The van der Waals surface area contributed by atoms with Gasteiger partial charge in [-0.25, -0.2) is 4.79 Å². The molecule has 25 heavy (non-hydrogen) atoms. The molecule has 2 rings (SSSR count). The van der Waals surface area contributed by atoms with Gasteiger partial charge in [0.25, 0.3) is 0 Å². The molecule has 2 amide bonds. The molecule has 132 valence electrons. The lowest BCUT2D eigenvalue weighted by atomic mass is 9.93. The number of urea groups is 1. The Labute approximate surface area is 149 Å². The number of Topliss-reactive ketones (excluding diaryl/α,β-unsaturated/α-hetero) is 1. The smallest absolute Gasteiger partial charge is 0.319 e. The molecule has 2 aromatic rings. The maximum absolute atomic E-state index is 12.3. The summed E-state index contributed by atoms with van der Waals surface area (Å²) in [5.41, 5.74) is 3.62. The first kappa shape index (κ1) is 18.7. The molecule has 0 atom stereocenters. The van der Waals surface area contributed by atoms with Gasteiger partial charge in [0, 0.05) is 11.3 Å². The number of hydrogen-bond donors (Lipinski definition) is 2. The van der Waals surface area contributed by atoms with Gasteiger partial charge in [-0.2, -0.15) is 0 Å². The van der Waals surface area contributed by atoms with Crippen molar-refractivity contribution in [2.75, 3.05) is 11.9 Å². The summed E-state index contributed by atoms with van der Waals surface area (Å²) in [6, 6.07) is 14.7. The third-order valence-corrected chi connectivity index (χ3v) is 4.12. The minimum absolute atomic E-state index is 0.0310. The van der Waals surface area contributed by atoms with Crippen molar-refractivity contribution in [3.63, 3.8) is 0 Å². The summed E-state index contributed by atoms with van der Waals surface area (Å²) in [6.45, 7) is 8.36. The second-order valence-corrected chi connectivity index (χ2v) is 6.72. The number of benzene rings is 2. The Balaban J connectivity index is 2.09. The molecule has 0 fully saturated rings. The molecule has 0 aliphatic heterocycles. The molecule has 0 aromatic heterocycles.